The minimum absolute atomic E-state index is 0.0729. The zero-order valence-electron chi connectivity index (χ0n) is 15.6. The number of anilines is 2. The molecule has 0 spiro atoms. The van der Waals surface area contributed by atoms with Crippen molar-refractivity contribution in [1.29, 1.82) is 0 Å². The molecule has 1 aromatic rings. The molecule has 1 heterocycles. The lowest BCUT2D eigenvalue weighted by Gasteiger charge is -2.37. The number of rotatable bonds is 5. The predicted molar refractivity (Wildman–Crippen MR) is 103 cm³/mol. The molecule has 150 valence electrons. The summed E-state index contributed by atoms with van der Waals surface area (Å²) < 4.78 is 0. The number of aliphatic hydroxyl groups is 1. The molecule has 0 atom stereocenters. The summed E-state index contributed by atoms with van der Waals surface area (Å²) in [6.45, 7) is 0.00464. The molecule has 3 aliphatic rings. The number of carbonyl (C=O) groups excluding carboxylic acids is 2. The summed E-state index contributed by atoms with van der Waals surface area (Å²) in [4.78, 5) is 40.1. The van der Waals surface area contributed by atoms with Gasteiger partial charge >= 0.3 is 5.97 Å². The number of nitrogens with zero attached hydrogens (tertiary/aromatic N) is 2. The first-order valence-corrected chi connectivity index (χ1v) is 9.85. The predicted octanol–water partition coefficient (Wildman–Crippen LogP) is 1.12. The van der Waals surface area contributed by atoms with E-state index in [0.29, 0.717) is 11.4 Å². The van der Waals surface area contributed by atoms with Crippen LogP contribution in [0.2, 0.25) is 0 Å². The molecule has 0 unspecified atom stereocenters. The molecule has 1 aliphatic heterocycles. The van der Waals surface area contributed by atoms with Crippen LogP contribution in [0, 0.1) is 0 Å². The van der Waals surface area contributed by atoms with Gasteiger partial charge in [-0.3, -0.25) is 14.5 Å². The fraction of sp³-hybridized carbons (Fsp3) is 0.550. The minimum atomic E-state index is -1.07. The van der Waals surface area contributed by atoms with Crippen molar-refractivity contribution in [3.63, 3.8) is 0 Å². The van der Waals surface area contributed by atoms with Crippen molar-refractivity contribution in [2.24, 2.45) is 0 Å². The van der Waals surface area contributed by atoms with Crippen LogP contribution in [0.15, 0.2) is 18.2 Å². The molecule has 8 nitrogen and oxygen atoms in total. The van der Waals surface area contributed by atoms with Crippen LogP contribution in [0.4, 0.5) is 11.4 Å². The van der Waals surface area contributed by atoms with Crippen LogP contribution in [0.5, 0.6) is 0 Å². The molecule has 4 rings (SSSR count). The molecule has 0 bridgehead atoms. The number of hydrogen-bond donors (Lipinski definition) is 3. The standard InChI is InChI=1S/C20H25N3O5/c24-15-6-2-13(3-7-15)21-10-18(25)22-11-19(26)23(14-4-5-14)16-8-1-12(20(27)28)9-17(16)22/h1,8-9,13-15,21,24H,2-7,10-11H2,(H,27,28). The summed E-state index contributed by atoms with van der Waals surface area (Å²) in [5.74, 6) is -1.45. The van der Waals surface area contributed by atoms with Gasteiger partial charge in [0.25, 0.3) is 0 Å². The molecule has 2 saturated carbocycles. The number of aromatic carboxylic acids is 1. The number of aliphatic hydroxyl groups excluding tert-OH is 1. The molecule has 1 aromatic carbocycles. The maximum absolute atomic E-state index is 12.9. The summed E-state index contributed by atoms with van der Waals surface area (Å²) in [5.41, 5.74) is 1.19. The van der Waals surface area contributed by atoms with Crippen LogP contribution in [-0.4, -0.2) is 59.3 Å². The lowest BCUT2D eigenvalue weighted by Crippen LogP contribution is -2.52. The highest BCUT2D eigenvalue weighted by molar-refractivity contribution is 6.12. The number of amides is 2. The monoisotopic (exact) mass is 387 g/mol. The van der Waals surface area contributed by atoms with Gasteiger partial charge in [-0.2, -0.15) is 0 Å². The highest BCUT2D eigenvalue weighted by Gasteiger charge is 2.40. The van der Waals surface area contributed by atoms with Gasteiger partial charge in [0.05, 0.1) is 29.6 Å². The van der Waals surface area contributed by atoms with Crippen molar-refractivity contribution in [2.45, 2.75) is 56.7 Å². The van der Waals surface area contributed by atoms with Gasteiger partial charge < -0.3 is 20.4 Å². The van der Waals surface area contributed by atoms with Crippen LogP contribution in [0.3, 0.4) is 0 Å². The van der Waals surface area contributed by atoms with Crippen molar-refractivity contribution >= 4 is 29.2 Å². The topological polar surface area (TPSA) is 110 Å². The van der Waals surface area contributed by atoms with Gasteiger partial charge in [-0.15, -0.1) is 0 Å². The zero-order valence-corrected chi connectivity index (χ0v) is 15.6. The summed E-state index contributed by atoms with van der Waals surface area (Å²) in [7, 11) is 0. The van der Waals surface area contributed by atoms with E-state index in [4.69, 9.17) is 0 Å². The number of carbonyl (C=O) groups is 3. The van der Waals surface area contributed by atoms with Crippen molar-refractivity contribution < 1.29 is 24.6 Å². The van der Waals surface area contributed by atoms with Crippen molar-refractivity contribution in [2.75, 3.05) is 22.9 Å². The molecule has 2 amide bonds. The van der Waals surface area contributed by atoms with Crippen LogP contribution >= 0.6 is 0 Å². The Balaban J connectivity index is 1.53. The Kier molecular flexibility index (Phi) is 5.07. The van der Waals surface area contributed by atoms with Crippen LogP contribution < -0.4 is 15.1 Å². The van der Waals surface area contributed by atoms with E-state index in [-0.39, 0.29) is 48.7 Å². The molecule has 0 saturated heterocycles. The number of hydrogen-bond acceptors (Lipinski definition) is 5. The van der Waals surface area contributed by atoms with Gasteiger partial charge in [-0.05, 0) is 56.7 Å². The average molecular weight is 387 g/mol. The van der Waals surface area contributed by atoms with Crippen LogP contribution in [0.1, 0.15) is 48.9 Å². The van der Waals surface area contributed by atoms with Crippen molar-refractivity contribution in [3.8, 4) is 0 Å². The first-order chi connectivity index (χ1) is 13.4. The number of benzene rings is 1. The number of carboxylic acid groups (broad SMARTS) is 1. The highest BCUT2D eigenvalue weighted by atomic mass is 16.4. The van der Waals surface area contributed by atoms with Crippen molar-refractivity contribution in [3.05, 3.63) is 23.8 Å². The number of fused-ring (bicyclic) bond motifs is 1. The normalized spacial score (nSPS) is 24.8. The minimum Gasteiger partial charge on any atom is -0.478 e. The van der Waals surface area contributed by atoms with E-state index < -0.39 is 5.97 Å². The van der Waals surface area contributed by atoms with Crippen LogP contribution in [-0.2, 0) is 9.59 Å². The maximum Gasteiger partial charge on any atom is 0.335 e. The third kappa shape index (κ3) is 3.74. The second-order valence-electron chi connectivity index (χ2n) is 7.87. The van der Waals surface area contributed by atoms with Gasteiger partial charge in [0.2, 0.25) is 11.8 Å². The van der Waals surface area contributed by atoms with Gasteiger partial charge in [0, 0.05) is 12.1 Å². The Bertz CT molecular complexity index is 799. The SMILES string of the molecule is O=C(O)c1ccc2c(c1)N(C(=O)CNC1CCC(O)CC1)CC(=O)N2C1CC1. The molecule has 8 heteroatoms. The van der Waals surface area contributed by atoms with E-state index in [1.807, 2.05) is 0 Å². The number of carboxylic acids is 1. The molecule has 2 fully saturated rings. The molecular formula is C20H25N3O5. The largest absolute Gasteiger partial charge is 0.478 e. The Hall–Kier alpha value is -2.45. The van der Waals surface area contributed by atoms with Crippen LogP contribution in [0.25, 0.3) is 0 Å². The second-order valence-corrected chi connectivity index (χ2v) is 7.87. The van der Waals surface area contributed by atoms with E-state index in [0.717, 1.165) is 38.5 Å². The first kappa shape index (κ1) is 18.9. The zero-order chi connectivity index (χ0) is 19.8. The molecule has 2 aliphatic carbocycles. The third-order valence-corrected chi connectivity index (χ3v) is 5.79. The van der Waals surface area contributed by atoms with Gasteiger partial charge in [0.15, 0.2) is 0 Å². The first-order valence-electron chi connectivity index (χ1n) is 9.85. The molecule has 3 N–H and O–H groups in total. The summed E-state index contributed by atoms with van der Waals surface area (Å²) >= 11 is 0. The van der Waals surface area contributed by atoms with Crippen molar-refractivity contribution in [1.82, 2.24) is 5.32 Å². The smallest absolute Gasteiger partial charge is 0.335 e. The Morgan fingerprint density at radius 2 is 1.79 bits per heavy atom. The summed E-state index contributed by atoms with van der Waals surface area (Å²) in [6, 6.07) is 4.90. The summed E-state index contributed by atoms with van der Waals surface area (Å²) in [5, 5.41) is 22.2. The van der Waals surface area contributed by atoms with Gasteiger partial charge in [-0.1, -0.05) is 0 Å². The maximum atomic E-state index is 12.9. The van der Waals surface area contributed by atoms with E-state index >= 15 is 0 Å². The van der Waals surface area contributed by atoms with E-state index in [1.54, 1.807) is 11.0 Å². The highest BCUT2D eigenvalue weighted by Crippen LogP contribution is 2.41. The van der Waals surface area contributed by atoms with E-state index in [1.165, 1.54) is 17.0 Å². The fourth-order valence-corrected chi connectivity index (χ4v) is 4.07. The van der Waals surface area contributed by atoms with E-state index in [9.17, 15) is 24.6 Å². The average Bonchev–Trinajstić information content (AvgIpc) is 3.51. The summed E-state index contributed by atoms with van der Waals surface area (Å²) in [6.07, 6.45) is 4.64. The lowest BCUT2D eigenvalue weighted by molar-refractivity contribution is -0.122. The fourth-order valence-electron chi connectivity index (χ4n) is 4.07. The van der Waals surface area contributed by atoms with E-state index in [2.05, 4.69) is 5.32 Å². The molecule has 28 heavy (non-hydrogen) atoms. The second kappa shape index (κ2) is 7.52. The molecule has 0 radical (unpaired) electrons. The van der Waals surface area contributed by atoms with Gasteiger partial charge in [-0.25, -0.2) is 4.79 Å². The Labute approximate surface area is 163 Å². The molecular weight excluding hydrogens is 362 g/mol. The quantitative estimate of drug-likeness (QED) is 0.698. The number of nitrogens with one attached hydrogen (secondary N) is 1. The lowest BCUT2D eigenvalue weighted by atomic mass is 9.93. The Morgan fingerprint density at radius 3 is 2.43 bits per heavy atom. The molecule has 0 aromatic heterocycles. The Morgan fingerprint density at radius 1 is 1.07 bits per heavy atom. The van der Waals surface area contributed by atoms with Gasteiger partial charge in [0.1, 0.15) is 6.54 Å². The third-order valence-electron chi connectivity index (χ3n) is 5.79.